The van der Waals surface area contributed by atoms with Gasteiger partial charge in [0.1, 0.15) is 0 Å². The SMILES string of the molecule is CCNC(CCOCC)c1cnnn1-c1ccccc1. The Morgan fingerprint density at radius 3 is 2.75 bits per heavy atom. The number of aromatic nitrogens is 3. The second kappa shape index (κ2) is 7.77. The standard InChI is InChI=1S/C15H22N4O/c1-3-16-14(10-11-20-4-2)15-12-17-18-19(15)13-8-6-5-7-9-13/h5-9,12,14,16H,3-4,10-11H2,1-2H3. The summed E-state index contributed by atoms with van der Waals surface area (Å²) in [4.78, 5) is 0. The Morgan fingerprint density at radius 1 is 1.25 bits per heavy atom. The molecule has 1 aromatic carbocycles. The van der Waals surface area contributed by atoms with Crippen molar-refractivity contribution in [2.75, 3.05) is 19.8 Å². The average molecular weight is 274 g/mol. The predicted molar refractivity (Wildman–Crippen MR) is 78.9 cm³/mol. The van der Waals surface area contributed by atoms with Crippen LogP contribution in [0.3, 0.4) is 0 Å². The fourth-order valence-electron chi connectivity index (χ4n) is 2.20. The van der Waals surface area contributed by atoms with E-state index >= 15 is 0 Å². The van der Waals surface area contributed by atoms with Crippen LogP contribution in [0.5, 0.6) is 0 Å². The molecule has 2 rings (SSSR count). The molecule has 108 valence electrons. The van der Waals surface area contributed by atoms with Crippen molar-refractivity contribution in [3.63, 3.8) is 0 Å². The quantitative estimate of drug-likeness (QED) is 0.751. The van der Waals surface area contributed by atoms with Gasteiger partial charge >= 0.3 is 0 Å². The lowest BCUT2D eigenvalue weighted by Crippen LogP contribution is -2.25. The Hall–Kier alpha value is -1.72. The molecule has 1 heterocycles. The third kappa shape index (κ3) is 3.65. The van der Waals surface area contributed by atoms with Crippen LogP contribution >= 0.6 is 0 Å². The molecule has 0 saturated carbocycles. The summed E-state index contributed by atoms with van der Waals surface area (Å²) >= 11 is 0. The van der Waals surface area contributed by atoms with Gasteiger partial charge in [-0.15, -0.1) is 5.10 Å². The van der Waals surface area contributed by atoms with Crippen molar-refractivity contribution in [3.05, 3.63) is 42.2 Å². The van der Waals surface area contributed by atoms with E-state index in [4.69, 9.17) is 4.74 Å². The summed E-state index contributed by atoms with van der Waals surface area (Å²) < 4.78 is 7.35. The van der Waals surface area contributed by atoms with Crippen LogP contribution in [-0.2, 0) is 4.74 Å². The van der Waals surface area contributed by atoms with Gasteiger partial charge in [0, 0.05) is 13.2 Å². The van der Waals surface area contributed by atoms with Crippen LogP contribution in [0.4, 0.5) is 0 Å². The van der Waals surface area contributed by atoms with Crippen LogP contribution in [0.2, 0.25) is 0 Å². The first-order valence-electron chi connectivity index (χ1n) is 7.14. The highest BCUT2D eigenvalue weighted by molar-refractivity contribution is 5.32. The van der Waals surface area contributed by atoms with Gasteiger partial charge in [-0.1, -0.05) is 30.3 Å². The molecule has 0 bridgehead atoms. The number of nitrogens with one attached hydrogen (secondary N) is 1. The van der Waals surface area contributed by atoms with E-state index in [9.17, 15) is 0 Å². The first-order chi connectivity index (χ1) is 9.86. The molecule has 2 aromatic rings. The maximum Gasteiger partial charge on any atom is 0.0816 e. The number of hydrogen-bond donors (Lipinski definition) is 1. The second-order valence-electron chi connectivity index (χ2n) is 4.50. The van der Waals surface area contributed by atoms with Crippen LogP contribution in [-0.4, -0.2) is 34.8 Å². The maximum atomic E-state index is 5.46. The normalized spacial score (nSPS) is 12.5. The minimum Gasteiger partial charge on any atom is -0.382 e. The number of para-hydroxylation sites is 1. The topological polar surface area (TPSA) is 52.0 Å². The molecule has 20 heavy (non-hydrogen) atoms. The van der Waals surface area contributed by atoms with Crippen molar-refractivity contribution < 1.29 is 4.74 Å². The molecule has 5 heteroatoms. The first-order valence-corrected chi connectivity index (χ1v) is 7.14. The van der Waals surface area contributed by atoms with Crippen molar-refractivity contribution in [1.82, 2.24) is 20.3 Å². The minimum atomic E-state index is 0.196. The molecule has 0 aliphatic carbocycles. The Kier molecular flexibility index (Phi) is 5.70. The van der Waals surface area contributed by atoms with Gasteiger partial charge < -0.3 is 10.1 Å². The Morgan fingerprint density at radius 2 is 2.05 bits per heavy atom. The largest absolute Gasteiger partial charge is 0.382 e. The molecule has 0 spiro atoms. The molecule has 5 nitrogen and oxygen atoms in total. The Labute approximate surface area is 120 Å². The third-order valence-electron chi connectivity index (χ3n) is 3.14. The third-order valence-corrected chi connectivity index (χ3v) is 3.14. The summed E-state index contributed by atoms with van der Waals surface area (Å²) in [6.07, 6.45) is 2.73. The second-order valence-corrected chi connectivity index (χ2v) is 4.50. The summed E-state index contributed by atoms with van der Waals surface area (Å²) in [5.74, 6) is 0. The van der Waals surface area contributed by atoms with Crippen LogP contribution in [0.1, 0.15) is 32.0 Å². The zero-order valence-corrected chi connectivity index (χ0v) is 12.1. The molecular formula is C15H22N4O. The molecule has 0 amide bonds. The lowest BCUT2D eigenvalue weighted by Gasteiger charge is -2.18. The zero-order chi connectivity index (χ0) is 14.2. The molecule has 0 saturated heterocycles. The van der Waals surface area contributed by atoms with Crippen molar-refractivity contribution in [2.24, 2.45) is 0 Å². The van der Waals surface area contributed by atoms with E-state index in [1.54, 1.807) is 0 Å². The monoisotopic (exact) mass is 274 g/mol. The molecule has 0 aliphatic rings. The summed E-state index contributed by atoms with van der Waals surface area (Å²) in [6, 6.07) is 10.3. The number of rotatable bonds is 8. The molecule has 1 aromatic heterocycles. The predicted octanol–water partition coefficient (Wildman–Crippen LogP) is 2.34. The fourth-order valence-corrected chi connectivity index (χ4v) is 2.20. The number of nitrogens with zero attached hydrogens (tertiary/aromatic N) is 3. The lowest BCUT2D eigenvalue weighted by atomic mass is 10.1. The van der Waals surface area contributed by atoms with E-state index in [-0.39, 0.29) is 6.04 Å². The van der Waals surface area contributed by atoms with E-state index in [1.807, 2.05) is 48.1 Å². The van der Waals surface area contributed by atoms with Gasteiger partial charge in [0.05, 0.1) is 23.6 Å². The lowest BCUT2D eigenvalue weighted by molar-refractivity contribution is 0.136. The number of ether oxygens (including phenoxy) is 1. The molecule has 1 atom stereocenters. The molecule has 0 radical (unpaired) electrons. The molecule has 0 aliphatic heterocycles. The van der Waals surface area contributed by atoms with Gasteiger partial charge in [-0.05, 0) is 32.0 Å². The van der Waals surface area contributed by atoms with Crippen molar-refractivity contribution >= 4 is 0 Å². The van der Waals surface area contributed by atoms with Crippen molar-refractivity contribution in [2.45, 2.75) is 26.3 Å². The smallest absolute Gasteiger partial charge is 0.0816 e. The van der Waals surface area contributed by atoms with E-state index in [0.717, 1.165) is 37.6 Å². The maximum absolute atomic E-state index is 5.46. The van der Waals surface area contributed by atoms with Crippen LogP contribution in [0, 0.1) is 0 Å². The van der Waals surface area contributed by atoms with Crippen LogP contribution in [0.25, 0.3) is 5.69 Å². The number of benzene rings is 1. The van der Waals surface area contributed by atoms with Crippen molar-refractivity contribution in [3.8, 4) is 5.69 Å². The Balaban J connectivity index is 2.19. The molecule has 1 unspecified atom stereocenters. The fraction of sp³-hybridized carbons (Fsp3) is 0.467. The van der Waals surface area contributed by atoms with E-state index in [1.165, 1.54) is 0 Å². The van der Waals surface area contributed by atoms with Crippen LogP contribution in [0.15, 0.2) is 36.5 Å². The van der Waals surface area contributed by atoms with Gasteiger partial charge in [-0.25, -0.2) is 4.68 Å². The zero-order valence-electron chi connectivity index (χ0n) is 12.1. The highest BCUT2D eigenvalue weighted by Gasteiger charge is 2.17. The van der Waals surface area contributed by atoms with Gasteiger partial charge in [-0.2, -0.15) is 0 Å². The Bertz CT molecular complexity index is 498. The van der Waals surface area contributed by atoms with Crippen LogP contribution < -0.4 is 5.32 Å². The number of hydrogen-bond acceptors (Lipinski definition) is 4. The minimum absolute atomic E-state index is 0.196. The molecule has 0 fully saturated rings. The summed E-state index contributed by atoms with van der Waals surface area (Å²) in [6.45, 7) is 6.49. The van der Waals surface area contributed by atoms with Crippen molar-refractivity contribution in [1.29, 1.82) is 0 Å². The van der Waals surface area contributed by atoms with E-state index < -0.39 is 0 Å². The summed E-state index contributed by atoms with van der Waals surface area (Å²) in [5.41, 5.74) is 2.09. The first kappa shape index (κ1) is 14.7. The summed E-state index contributed by atoms with van der Waals surface area (Å²) in [7, 11) is 0. The molecule has 1 N–H and O–H groups in total. The van der Waals surface area contributed by atoms with Gasteiger partial charge in [0.25, 0.3) is 0 Å². The van der Waals surface area contributed by atoms with E-state index in [2.05, 4.69) is 22.6 Å². The highest BCUT2D eigenvalue weighted by Crippen LogP contribution is 2.19. The average Bonchev–Trinajstić information content (AvgIpc) is 2.97. The van der Waals surface area contributed by atoms with E-state index in [0.29, 0.717) is 0 Å². The van der Waals surface area contributed by atoms with Gasteiger partial charge in [-0.3, -0.25) is 0 Å². The summed E-state index contributed by atoms with van der Waals surface area (Å²) in [5, 5.41) is 11.7. The highest BCUT2D eigenvalue weighted by atomic mass is 16.5. The van der Waals surface area contributed by atoms with Gasteiger partial charge in [0.15, 0.2) is 0 Å². The molecular weight excluding hydrogens is 252 g/mol. The van der Waals surface area contributed by atoms with Gasteiger partial charge in [0.2, 0.25) is 0 Å².